The third-order valence-electron chi connectivity index (χ3n) is 2.15. The molecule has 1 rings (SSSR count). The van der Waals surface area contributed by atoms with E-state index in [0.29, 0.717) is 23.0 Å². The minimum Gasteiger partial charge on any atom is -0.434 e. The Hall–Kier alpha value is -0.870. The van der Waals surface area contributed by atoms with Gasteiger partial charge in [0, 0.05) is 17.1 Å². The van der Waals surface area contributed by atoms with Crippen LogP contribution in [0.25, 0.3) is 0 Å². The second-order valence-corrected chi connectivity index (χ2v) is 4.53. The normalized spacial score (nSPS) is 11.2. The van der Waals surface area contributed by atoms with E-state index in [4.69, 9.17) is 11.6 Å². The van der Waals surface area contributed by atoms with Gasteiger partial charge in [-0.1, -0.05) is 31.5 Å². The van der Waals surface area contributed by atoms with E-state index < -0.39 is 6.61 Å². The van der Waals surface area contributed by atoms with Gasteiger partial charge in [0.25, 0.3) is 0 Å². The lowest BCUT2D eigenvalue weighted by atomic mass is 10.2. The molecular weight excluding hydrogens is 248 g/mol. The van der Waals surface area contributed by atoms with E-state index in [0.717, 1.165) is 6.54 Å². The Kier molecular flexibility index (Phi) is 5.65. The SMILES string of the molecule is CC(C)CNCc1c(Cl)cccc1OC(F)F. The van der Waals surface area contributed by atoms with Gasteiger partial charge in [-0.15, -0.1) is 0 Å². The molecule has 5 heteroatoms. The highest BCUT2D eigenvalue weighted by Gasteiger charge is 2.12. The lowest BCUT2D eigenvalue weighted by Crippen LogP contribution is -2.20. The van der Waals surface area contributed by atoms with E-state index in [1.807, 2.05) is 0 Å². The topological polar surface area (TPSA) is 21.3 Å². The highest BCUT2D eigenvalue weighted by atomic mass is 35.5. The van der Waals surface area contributed by atoms with Crippen molar-refractivity contribution in [3.63, 3.8) is 0 Å². The van der Waals surface area contributed by atoms with Gasteiger partial charge in [0.1, 0.15) is 5.75 Å². The number of hydrogen-bond donors (Lipinski definition) is 1. The van der Waals surface area contributed by atoms with E-state index >= 15 is 0 Å². The zero-order valence-corrected chi connectivity index (χ0v) is 10.6. The van der Waals surface area contributed by atoms with Gasteiger partial charge in [0.2, 0.25) is 0 Å². The number of rotatable bonds is 6. The summed E-state index contributed by atoms with van der Waals surface area (Å²) < 4.78 is 28.8. The highest BCUT2D eigenvalue weighted by molar-refractivity contribution is 6.31. The van der Waals surface area contributed by atoms with Crippen molar-refractivity contribution >= 4 is 11.6 Å². The Balaban J connectivity index is 2.73. The zero-order chi connectivity index (χ0) is 12.8. The molecule has 0 aromatic heterocycles. The second kappa shape index (κ2) is 6.77. The molecule has 1 aromatic carbocycles. The van der Waals surface area contributed by atoms with Crippen LogP contribution in [-0.4, -0.2) is 13.2 Å². The van der Waals surface area contributed by atoms with Crippen LogP contribution >= 0.6 is 11.6 Å². The van der Waals surface area contributed by atoms with Crippen molar-refractivity contribution in [2.45, 2.75) is 27.0 Å². The number of halogens is 3. The summed E-state index contributed by atoms with van der Waals surface area (Å²) in [7, 11) is 0. The Morgan fingerprint density at radius 3 is 2.65 bits per heavy atom. The first kappa shape index (κ1) is 14.2. The molecule has 0 unspecified atom stereocenters. The van der Waals surface area contributed by atoms with E-state index in [1.165, 1.54) is 6.07 Å². The average Bonchev–Trinajstić information content (AvgIpc) is 2.21. The maximum Gasteiger partial charge on any atom is 0.387 e. The second-order valence-electron chi connectivity index (χ2n) is 4.12. The van der Waals surface area contributed by atoms with Crippen molar-refractivity contribution in [3.8, 4) is 5.75 Å². The molecule has 96 valence electrons. The Bertz CT molecular complexity index is 358. The summed E-state index contributed by atoms with van der Waals surface area (Å²) in [5, 5.41) is 3.58. The van der Waals surface area contributed by atoms with Crippen LogP contribution in [0.5, 0.6) is 5.75 Å². The summed E-state index contributed by atoms with van der Waals surface area (Å²) in [6, 6.07) is 4.74. The summed E-state index contributed by atoms with van der Waals surface area (Å²) in [6.45, 7) is 2.50. The van der Waals surface area contributed by atoms with Crippen LogP contribution in [0.3, 0.4) is 0 Å². The Labute approximate surface area is 105 Å². The summed E-state index contributed by atoms with van der Waals surface area (Å²) in [6.07, 6.45) is 0. The van der Waals surface area contributed by atoms with Crippen molar-refractivity contribution in [2.75, 3.05) is 6.54 Å². The van der Waals surface area contributed by atoms with Gasteiger partial charge in [0.15, 0.2) is 0 Å². The minimum atomic E-state index is -2.84. The molecular formula is C12H16ClF2NO. The first-order valence-corrected chi connectivity index (χ1v) is 5.81. The minimum absolute atomic E-state index is 0.128. The number of hydrogen-bond acceptors (Lipinski definition) is 2. The van der Waals surface area contributed by atoms with E-state index in [-0.39, 0.29) is 5.75 Å². The average molecular weight is 264 g/mol. The van der Waals surface area contributed by atoms with Gasteiger partial charge in [-0.2, -0.15) is 8.78 Å². The first-order chi connectivity index (χ1) is 8.00. The Morgan fingerprint density at radius 2 is 2.06 bits per heavy atom. The van der Waals surface area contributed by atoms with E-state index in [2.05, 4.69) is 23.9 Å². The lowest BCUT2D eigenvalue weighted by Gasteiger charge is -2.13. The quantitative estimate of drug-likeness (QED) is 0.845. The van der Waals surface area contributed by atoms with E-state index in [1.54, 1.807) is 12.1 Å². The van der Waals surface area contributed by atoms with Crippen molar-refractivity contribution in [3.05, 3.63) is 28.8 Å². The molecule has 0 fully saturated rings. The summed E-state index contributed by atoms with van der Waals surface area (Å²) in [5.41, 5.74) is 0.565. The largest absolute Gasteiger partial charge is 0.434 e. The summed E-state index contributed by atoms with van der Waals surface area (Å²) in [4.78, 5) is 0. The van der Waals surface area contributed by atoms with E-state index in [9.17, 15) is 8.78 Å². The number of benzene rings is 1. The van der Waals surface area contributed by atoms with Gasteiger partial charge in [-0.3, -0.25) is 0 Å². The fourth-order valence-corrected chi connectivity index (χ4v) is 1.64. The van der Waals surface area contributed by atoms with Crippen LogP contribution in [-0.2, 0) is 6.54 Å². The maximum absolute atomic E-state index is 12.2. The smallest absolute Gasteiger partial charge is 0.387 e. The summed E-state index contributed by atoms with van der Waals surface area (Å²) in [5.74, 6) is 0.612. The third-order valence-corrected chi connectivity index (χ3v) is 2.50. The van der Waals surface area contributed by atoms with Crippen LogP contribution in [0.15, 0.2) is 18.2 Å². The van der Waals surface area contributed by atoms with Crippen molar-refractivity contribution < 1.29 is 13.5 Å². The molecule has 0 radical (unpaired) electrons. The number of nitrogens with one attached hydrogen (secondary N) is 1. The fourth-order valence-electron chi connectivity index (χ4n) is 1.40. The molecule has 17 heavy (non-hydrogen) atoms. The van der Waals surface area contributed by atoms with Crippen LogP contribution in [0.4, 0.5) is 8.78 Å². The molecule has 0 saturated heterocycles. The molecule has 0 atom stereocenters. The van der Waals surface area contributed by atoms with Gasteiger partial charge in [-0.25, -0.2) is 0 Å². The van der Waals surface area contributed by atoms with Crippen LogP contribution < -0.4 is 10.1 Å². The fraction of sp³-hybridized carbons (Fsp3) is 0.500. The first-order valence-electron chi connectivity index (χ1n) is 5.43. The molecule has 0 aliphatic carbocycles. The van der Waals surface area contributed by atoms with Crippen molar-refractivity contribution in [1.82, 2.24) is 5.32 Å². The third kappa shape index (κ3) is 4.88. The molecule has 0 aliphatic heterocycles. The molecule has 2 nitrogen and oxygen atoms in total. The number of ether oxygens (including phenoxy) is 1. The maximum atomic E-state index is 12.2. The van der Waals surface area contributed by atoms with Gasteiger partial charge in [-0.05, 0) is 24.6 Å². The molecule has 1 aromatic rings. The molecule has 0 bridgehead atoms. The summed E-state index contributed by atoms with van der Waals surface area (Å²) >= 11 is 5.96. The van der Waals surface area contributed by atoms with Gasteiger partial charge in [0.05, 0.1) is 0 Å². The van der Waals surface area contributed by atoms with Crippen LogP contribution in [0.2, 0.25) is 5.02 Å². The molecule has 0 saturated carbocycles. The van der Waals surface area contributed by atoms with Crippen molar-refractivity contribution in [1.29, 1.82) is 0 Å². The predicted molar refractivity (Wildman–Crippen MR) is 64.6 cm³/mol. The molecule has 0 heterocycles. The molecule has 0 spiro atoms. The Morgan fingerprint density at radius 1 is 1.35 bits per heavy atom. The van der Waals surface area contributed by atoms with Gasteiger partial charge < -0.3 is 10.1 Å². The monoisotopic (exact) mass is 263 g/mol. The van der Waals surface area contributed by atoms with Crippen LogP contribution in [0.1, 0.15) is 19.4 Å². The molecule has 0 amide bonds. The lowest BCUT2D eigenvalue weighted by molar-refractivity contribution is -0.0504. The molecule has 0 aliphatic rings. The number of alkyl halides is 2. The zero-order valence-electron chi connectivity index (χ0n) is 9.84. The van der Waals surface area contributed by atoms with Gasteiger partial charge >= 0.3 is 6.61 Å². The van der Waals surface area contributed by atoms with Crippen molar-refractivity contribution in [2.24, 2.45) is 5.92 Å². The van der Waals surface area contributed by atoms with Crippen LogP contribution in [0, 0.1) is 5.92 Å². The predicted octanol–water partition coefficient (Wildman–Crippen LogP) is 3.69. The molecule has 1 N–H and O–H groups in total. The highest BCUT2D eigenvalue weighted by Crippen LogP contribution is 2.27. The standard InChI is InChI=1S/C12H16ClF2NO/c1-8(2)6-16-7-9-10(13)4-3-5-11(9)17-12(14)15/h3-5,8,12,16H,6-7H2,1-2H3.